The third kappa shape index (κ3) is 3.86. The number of nitrogens with two attached hydrogens (primary N) is 1. The highest BCUT2D eigenvalue weighted by Crippen LogP contribution is 2.33. The molecule has 116 valence electrons. The van der Waals surface area contributed by atoms with Crippen LogP contribution >= 0.6 is 0 Å². The number of carbonyl (C=O) groups is 1. The zero-order chi connectivity index (χ0) is 15.6. The molecule has 0 spiro atoms. The summed E-state index contributed by atoms with van der Waals surface area (Å²) in [6.07, 6.45) is -0.229. The first kappa shape index (κ1) is 15.6. The van der Waals surface area contributed by atoms with E-state index in [-0.39, 0.29) is 0 Å². The smallest absolute Gasteiger partial charge is 0.410 e. The maximum absolute atomic E-state index is 14.7. The summed E-state index contributed by atoms with van der Waals surface area (Å²) in [4.78, 5) is 13.7. The minimum atomic E-state index is -1.22. The number of halogens is 1. The molecule has 1 amide bonds. The van der Waals surface area contributed by atoms with Gasteiger partial charge < -0.3 is 15.4 Å². The molecule has 2 N–H and O–H groups in total. The molecule has 5 heteroatoms. The highest BCUT2D eigenvalue weighted by Gasteiger charge is 2.37. The van der Waals surface area contributed by atoms with Crippen molar-refractivity contribution in [1.82, 2.24) is 4.90 Å². The summed E-state index contributed by atoms with van der Waals surface area (Å²) in [5.41, 5.74) is 6.19. The van der Waals surface area contributed by atoms with Crippen LogP contribution in [0.3, 0.4) is 0 Å². The van der Waals surface area contributed by atoms with Gasteiger partial charge in [0.15, 0.2) is 0 Å². The first-order valence-electron chi connectivity index (χ1n) is 7.27. The number of carbonyl (C=O) groups excluding carboxylic acids is 1. The lowest BCUT2D eigenvalue weighted by Gasteiger charge is -2.30. The molecule has 1 aromatic rings. The molecule has 4 nitrogen and oxygen atoms in total. The number of nitrogen functional groups attached to an aromatic ring is 1. The number of benzene rings is 1. The molecule has 1 aromatic carbocycles. The monoisotopic (exact) mass is 294 g/mol. The molecule has 2 unspecified atom stereocenters. The second-order valence-electron chi connectivity index (χ2n) is 6.45. The molecular weight excluding hydrogens is 271 g/mol. The zero-order valence-corrected chi connectivity index (χ0v) is 12.8. The first-order chi connectivity index (χ1) is 9.78. The van der Waals surface area contributed by atoms with Crippen LogP contribution in [0.2, 0.25) is 0 Å². The van der Waals surface area contributed by atoms with Gasteiger partial charge in [-0.2, -0.15) is 0 Å². The van der Waals surface area contributed by atoms with E-state index >= 15 is 0 Å². The number of amides is 1. The summed E-state index contributed by atoms with van der Waals surface area (Å²) in [6, 6.07) is 6.23. The minimum absolute atomic E-state index is 0.442. The number of hydrogen-bond donors (Lipinski definition) is 1. The number of rotatable bonds is 2. The Morgan fingerprint density at radius 3 is 2.57 bits per heavy atom. The van der Waals surface area contributed by atoms with Crippen LogP contribution in [0.5, 0.6) is 0 Å². The fourth-order valence-electron chi connectivity index (χ4n) is 2.55. The van der Waals surface area contributed by atoms with Crippen LogP contribution in [0, 0.1) is 0 Å². The van der Waals surface area contributed by atoms with Gasteiger partial charge in [-0.1, -0.05) is 12.1 Å². The van der Waals surface area contributed by atoms with Crippen molar-refractivity contribution in [3.63, 3.8) is 0 Å². The van der Waals surface area contributed by atoms with Gasteiger partial charge in [0.25, 0.3) is 0 Å². The van der Waals surface area contributed by atoms with Gasteiger partial charge in [-0.3, -0.25) is 0 Å². The van der Waals surface area contributed by atoms with Crippen molar-refractivity contribution in [2.45, 2.75) is 51.4 Å². The molecule has 1 aliphatic heterocycles. The maximum atomic E-state index is 14.7. The Bertz CT molecular complexity index is 496. The van der Waals surface area contributed by atoms with Gasteiger partial charge in [-0.25, -0.2) is 9.18 Å². The predicted molar refractivity (Wildman–Crippen MR) is 80.7 cm³/mol. The third-order valence-electron chi connectivity index (χ3n) is 3.52. The van der Waals surface area contributed by atoms with E-state index in [1.807, 2.05) is 20.8 Å². The number of anilines is 1. The number of hydrogen-bond acceptors (Lipinski definition) is 3. The molecule has 0 aromatic heterocycles. The van der Waals surface area contributed by atoms with Crippen LogP contribution in [-0.4, -0.2) is 29.2 Å². The molecule has 1 heterocycles. The van der Waals surface area contributed by atoms with E-state index in [9.17, 15) is 9.18 Å². The Morgan fingerprint density at radius 2 is 2.00 bits per heavy atom. The van der Waals surface area contributed by atoms with Crippen molar-refractivity contribution < 1.29 is 13.9 Å². The molecule has 0 saturated carbocycles. The highest BCUT2D eigenvalue weighted by molar-refractivity contribution is 5.69. The second kappa shape index (κ2) is 5.92. The fourth-order valence-corrected chi connectivity index (χ4v) is 2.55. The largest absolute Gasteiger partial charge is 0.444 e. The summed E-state index contributed by atoms with van der Waals surface area (Å²) in [7, 11) is 0. The number of alkyl halides is 1. The van der Waals surface area contributed by atoms with Gasteiger partial charge in [-0.15, -0.1) is 0 Å². The molecule has 1 aliphatic rings. The second-order valence-corrected chi connectivity index (χ2v) is 6.45. The van der Waals surface area contributed by atoms with Crippen LogP contribution in [0.25, 0.3) is 0 Å². The summed E-state index contributed by atoms with van der Waals surface area (Å²) in [6.45, 7) is 5.96. The van der Waals surface area contributed by atoms with Crippen LogP contribution in [-0.2, 0) is 4.74 Å². The van der Waals surface area contributed by atoms with E-state index in [1.54, 1.807) is 24.3 Å². The SMILES string of the molecule is CC(C)(C)OC(=O)N1CCCC1C(F)c1ccc(N)cc1. The lowest BCUT2D eigenvalue weighted by molar-refractivity contribution is 0.0149. The summed E-state index contributed by atoms with van der Waals surface area (Å²) in [5, 5.41) is 0. The van der Waals surface area contributed by atoms with E-state index in [4.69, 9.17) is 10.5 Å². The van der Waals surface area contributed by atoms with Gasteiger partial charge >= 0.3 is 6.09 Å². The van der Waals surface area contributed by atoms with Crippen LogP contribution in [0.15, 0.2) is 24.3 Å². The number of ether oxygens (including phenoxy) is 1. The van der Waals surface area contributed by atoms with Crippen LogP contribution in [0.4, 0.5) is 14.9 Å². The van der Waals surface area contributed by atoms with Crippen molar-refractivity contribution in [2.24, 2.45) is 0 Å². The molecule has 21 heavy (non-hydrogen) atoms. The van der Waals surface area contributed by atoms with E-state index in [2.05, 4.69) is 0 Å². The van der Waals surface area contributed by atoms with Crippen molar-refractivity contribution in [1.29, 1.82) is 0 Å². The normalized spacial score (nSPS) is 20.4. The maximum Gasteiger partial charge on any atom is 0.410 e. The predicted octanol–water partition coefficient (Wildman–Crippen LogP) is 3.68. The molecular formula is C16H23FN2O2. The number of nitrogens with zero attached hydrogens (tertiary/aromatic N) is 1. The van der Waals surface area contributed by atoms with Crippen molar-refractivity contribution >= 4 is 11.8 Å². The Hall–Kier alpha value is -1.78. The number of likely N-dealkylation sites (tertiary alicyclic amines) is 1. The Morgan fingerprint density at radius 1 is 1.38 bits per heavy atom. The van der Waals surface area contributed by atoms with Crippen molar-refractivity contribution in [3.8, 4) is 0 Å². The molecule has 0 bridgehead atoms. The lowest BCUT2D eigenvalue weighted by atomic mass is 10.0. The summed E-state index contributed by atoms with van der Waals surface area (Å²) >= 11 is 0. The third-order valence-corrected chi connectivity index (χ3v) is 3.52. The van der Waals surface area contributed by atoms with Gasteiger partial charge in [0.1, 0.15) is 11.8 Å². The molecule has 1 saturated heterocycles. The Labute approximate surface area is 125 Å². The van der Waals surface area contributed by atoms with Crippen LogP contribution in [0.1, 0.15) is 45.3 Å². The Kier molecular flexibility index (Phi) is 4.40. The topological polar surface area (TPSA) is 55.6 Å². The highest BCUT2D eigenvalue weighted by atomic mass is 19.1. The summed E-state index contributed by atoms with van der Waals surface area (Å²) in [5.74, 6) is 0. The van der Waals surface area contributed by atoms with Crippen LogP contribution < -0.4 is 5.73 Å². The van der Waals surface area contributed by atoms with Gasteiger partial charge in [0.2, 0.25) is 0 Å². The van der Waals surface area contributed by atoms with Gasteiger partial charge in [0.05, 0.1) is 6.04 Å². The molecule has 0 radical (unpaired) electrons. The fraction of sp³-hybridized carbons (Fsp3) is 0.562. The Balaban J connectivity index is 2.10. The van der Waals surface area contributed by atoms with Gasteiger partial charge in [0, 0.05) is 12.2 Å². The molecule has 1 fully saturated rings. The van der Waals surface area contributed by atoms with Gasteiger partial charge in [-0.05, 0) is 51.3 Å². The molecule has 0 aliphatic carbocycles. The first-order valence-corrected chi connectivity index (χ1v) is 7.27. The quantitative estimate of drug-likeness (QED) is 0.847. The van der Waals surface area contributed by atoms with E-state index in [0.29, 0.717) is 24.2 Å². The minimum Gasteiger partial charge on any atom is -0.444 e. The summed E-state index contributed by atoms with van der Waals surface area (Å²) < 4.78 is 20.1. The molecule has 2 atom stereocenters. The average Bonchev–Trinajstić information content (AvgIpc) is 2.86. The lowest BCUT2D eigenvalue weighted by Crippen LogP contribution is -2.41. The van der Waals surface area contributed by atoms with Crippen molar-refractivity contribution in [3.05, 3.63) is 29.8 Å². The van der Waals surface area contributed by atoms with E-state index < -0.39 is 23.9 Å². The molecule has 2 rings (SSSR count). The van der Waals surface area contributed by atoms with E-state index in [1.165, 1.54) is 4.90 Å². The zero-order valence-electron chi connectivity index (χ0n) is 12.8. The standard InChI is InChI=1S/C16H23FN2O2/c1-16(2,3)21-15(20)19-10-4-5-13(19)14(17)11-6-8-12(18)9-7-11/h6-9,13-14H,4-5,10,18H2,1-3H3. The average molecular weight is 294 g/mol. The van der Waals surface area contributed by atoms with E-state index in [0.717, 1.165) is 6.42 Å². The van der Waals surface area contributed by atoms with Crippen molar-refractivity contribution in [2.75, 3.05) is 12.3 Å².